The van der Waals surface area contributed by atoms with Crippen molar-refractivity contribution in [2.24, 2.45) is 5.41 Å². The Morgan fingerprint density at radius 1 is 1.38 bits per heavy atom. The Labute approximate surface area is 94.8 Å². The number of aromatic nitrogens is 2. The standard InChI is InChI=1S/C12H17N3O/c1-12(2,3)7-16-8-4-5-9-10(6-8)14-15-11(9)13/h4-6H,7H2,1-3H3,(H3,13,14,15). The third kappa shape index (κ3) is 2.27. The summed E-state index contributed by atoms with van der Waals surface area (Å²) in [5.41, 5.74) is 6.75. The van der Waals surface area contributed by atoms with Crippen LogP contribution in [0.4, 0.5) is 5.82 Å². The maximum absolute atomic E-state index is 5.70. The van der Waals surface area contributed by atoms with Crippen molar-refractivity contribution in [3.8, 4) is 5.75 Å². The Hall–Kier alpha value is -1.71. The van der Waals surface area contributed by atoms with Crippen LogP contribution < -0.4 is 10.5 Å². The molecule has 0 spiro atoms. The van der Waals surface area contributed by atoms with Crippen molar-refractivity contribution in [1.29, 1.82) is 0 Å². The number of nitrogen functional groups attached to an aromatic ring is 1. The molecule has 0 saturated carbocycles. The van der Waals surface area contributed by atoms with Crippen LogP contribution in [0, 0.1) is 5.41 Å². The van der Waals surface area contributed by atoms with E-state index in [2.05, 4.69) is 31.0 Å². The number of nitrogens with one attached hydrogen (secondary N) is 1. The van der Waals surface area contributed by atoms with Crippen LogP contribution in [-0.2, 0) is 0 Å². The molecule has 0 aliphatic carbocycles. The number of nitrogens with two attached hydrogens (primary N) is 1. The van der Waals surface area contributed by atoms with E-state index in [-0.39, 0.29) is 5.41 Å². The van der Waals surface area contributed by atoms with Gasteiger partial charge in [0.25, 0.3) is 0 Å². The third-order valence-electron chi connectivity index (χ3n) is 2.24. The van der Waals surface area contributed by atoms with Gasteiger partial charge in [0.2, 0.25) is 0 Å². The average molecular weight is 219 g/mol. The number of hydrogen-bond acceptors (Lipinski definition) is 3. The number of nitrogens with zero attached hydrogens (tertiary/aromatic N) is 1. The lowest BCUT2D eigenvalue weighted by Crippen LogP contribution is -2.16. The van der Waals surface area contributed by atoms with Crippen LogP contribution in [-0.4, -0.2) is 16.8 Å². The molecule has 1 aromatic heterocycles. The minimum atomic E-state index is 0.155. The summed E-state index contributed by atoms with van der Waals surface area (Å²) in [6, 6.07) is 5.76. The molecular weight excluding hydrogens is 202 g/mol. The van der Waals surface area contributed by atoms with Crippen LogP contribution in [0.5, 0.6) is 5.75 Å². The van der Waals surface area contributed by atoms with E-state index in [1.807, 2.05) is 18.2 Å². The largest absolute Gasteiger partial charge is 0.493 e. The van der Waals surface area contributed by atoms with Crippen LogP contribution >= 0.6 is 0 Å². The zero-order valence-electron chi connectivity index (χ0n) is 9.87. The van der Waals surface area contributed by atoms with E-state index >= 15 is 0 Å². The van der Waals surface area contributed by atoms with Crippen LogP contribution in [0.15, 0.2) is 18.2 Å². The van der Waals surface area contributed by atoms with Crippen LogP contribution in [0.1, 0.15) is 20.8 Å². The average Bonchev–Trinajstić information content (AvgIpc) is 2.56. The molecule has 0 unspecified atom stereocenters. The molecule has 1 aromatic carbocycles. The van der Waals surface area contributed by atoms with Crippen molar-refractivity contribution in [2.45, 2.75) is 20.8 Å². The molecular formula is C12H17N3O. The minimum Gasteiger partial charge on any atom is -0.493 e. The molecule has 86 valence electrons. The van der Waals surface area contributed by atoms with Gasteiger partial charge in [-0.3, -0.25) is 5.10 Å². The molecule has 0 radical (unpaired) electrons. The molecule has 0 amide bonds. The lowest BCUT2D eigenvalue weighted by atomic mass is 9.99. The summed E-state index contributed by atoms with van der Waals surface area (Å²) in [5, 5.41) is 7.75. The van der Waals surface area contributed by atoms with Gasteiger partial charge in [0.15, 0.2) is 5.82 Å². The van der Waals surface area contributed by atoms with Gasteiger partial charge >= 0.3 is 0 Å². The second kappa shape index (κ2) is 3.70. The van der Waals surface area contributed by atoms with Gasteiger partial charge in [-0.1, -0.05) is 20.8 Å². The highest BCUT2D eigenvalue weighted by Gasteiger charge is 2.11. The Balaban J connectivity index is 2.20. The first kappa shape index (κ1) is 10.8. The highest BCUT2D eigenvalue weighted by Crippen LogP contribution is 2.24. The Morgan fingerprint density at radius 3 is 2.81 bits per heavy atom. The summed E-state index contributed by atoms with van der Waals surface area (Å²) in [6.07, 6.45) is 0. The first-order valence-corrected chi connectivity index (χ1v) is 5.32. The molecule has 2 aromatic rings. The molecule has 0 fully saturated rings. The maximum atomic E-state index is 5.70. The van der Waals surface area contributed by atoms with Crippen LogP contribution in [0.3, 0.4) is 0 Å². The number of hydrogen-bond donors (Lipinski definition) is 2. The van der Waals surface area contributed by atoms with E-state index in [1.54, 1.807) is 0 Å². The quantitative estimate of drug-likeness (QED) is 0.815. The number of fused-ring (bicyclic) bond motifs is 1. The smallest absolute Gasteiger partial charge is 0.153 e. The number of H-pyrrole nitrogens is 1. The molecule has 3 N–H and O–H groups in total. The van der Waals surface area contributed by atoms with Crippen LogP contribution in [0.2, 0.25) is 0 Å². The Morgan fingerprint density at radius 2 is 2.12 bits per heavy atom. The van der Waals surface area contributed by atoms with E-state index in [4.69, 9.17) is 10.5 Å². The fourth-order valence-corrected chi connectivity index (χ4v) is 1.41. The van der Waals surface area contributed by atoms with E-state index in [9.17, 15) is 0 Å². The molecule has 4 nitrogen and oxygen atoms in total. The van der Waals surface area contributed by atoms with E-state index in [0.717, 1.165) is 16.7 Å². The monoisotopic (exact) mass is 219 g/mol. The molecule has 2 rings (SSSR count). The van der Waals surface area contributed by atoms with Gasteiger partial charge in [-0.05, 0) is 17.5 Å². The van der Waals surface area contributed by atoms with Crippen molar-refractivity contribution < 1.29 is 4.74 Å². The Bertz CT molecular complexity index is 496. The van der Waals surface area contributed by atoms with E-state index in [1.165, 1.54) is 0 Å². The van der Waals surface area contributed by atoms with Crippen molar-refractivity contribution in [2.75, 3.05) is 12.3 Å². The van der Waals surface area contributed by atoms with Crippen molar-refractivity contribution in [1.82, 2.24) is 10.2 Å². The van der Waals surface area contributed by atoms with Gasteiger partial charge in [0.1, 0.15) is 5.75 Å². The molecule has 16 heavy (non-hydrogen) atoms. The highest BCUT2D eigenvalue weighted by atomic mass is 16.5. The lowest BCUT2D eigenvalue weighted by molar-refractivity contribution is 0.198. The summed E-state index contributed by atoms with van der Waals surface area (Å²) in [4.78, 5) is 0. The van der Waals surface area contributed by atoms with Gasteiger partial charge in [-0.15, -0.1) is 0 Å². The number of ether oxygens (including phenoxy) is 1. The predicted molar refractivity (Wildman–Crippen MR) is 65.5 cm³/mol. The van der Waals surface area contributed by atoms with Gasteiger partial charge < -0.3 is 10.5 Å². The van der Waals surface area contributed by atoms with E-state index in [0.29, 0.717) is 12.4 Å². The summed E-state index contributed by atoms with van der Waals surface area (Å²) in [6.45, 7) is 7.10. The molecule has 0 bridgehead atoms. The van der Waals surface area contributed by atoms with Crippen molar-refractivity contribution >= 4 is 16.7 Å². The topological polar surface area (TPSA) is 63.9 Å². The van der Waals surface area contributed by atoms with Crippen LogP contribution in [0.25, 0.3) is 10.9 Å². The predicted octanol–water partition coefficient (Wildman–Crippen LogP) is 2.57. The highest BCUT2D eigenvalue weighted by molar-refractivity contribution is 5.89. The SMILES string of the molecule is CC(C)(C)COc1ccc2c(N)n[nH]c2c1. The fourth-order valence-electron chi connectivity index (χ4n) is 1.41. The minimum absolute atomic E-state index is 0.155. The number of benzene rings is 1. The fraction of sp³-hybridized carbons (Fsp3) is 0.417. The van der Waals surface area contributed by atoms with Crippen molar-refractivity contribution in [3.05, 3.63) is 18.2 Å². The number of anilines is 1. The van der Waals surface area contributed by atoms with Crippen molar-refractivity contribution in [3.63, 3.8) is 0 Å². The molecule has 4 heteroatoms. The zero-order chi connectivity index (χ0) is 11.8. The first-order valence-electron chi connectivity index (χ1n) is 5.32. The Kier molecular flexibility index (Phi) is 2.50. The summed E-state index contributed by atoms with van der Waals surface area (Å²) < 4.78 is 5.70. The second-order valence-electron chi connectivity index (χ2n) is 5.17. The van der Waals surface area contributed by atoms with Gasteiger partial charge in [0, 0.05) is 11.5 Å². The zero-order valence-corrected chi connectivity index (χ0v) is 9.87. The molecule has 1 heterocycles. The summed E-state index contributed by atoms with van der Waals surface area (Å²) >= 11 is 0. The molecule has 0 atom stereocenters. The normalized spacial score (nSPS) is 11.9. The lowest BCUT2D eigenvalue weighted by Gasteiger charge is -2.18. The van der Waals surface area contributed by atoms with Gasteiger partial charge in [-0.25, -0.2) is 0 Å². The van der Waals surface area contributed by atoms with Gasteiger partial charge in [0.05, 0.1) is 12.1 Å². The molecule has 0 aliphatic heterocycles. The van der Waals surface area contributed by atoms with Gasteiger partial charge in [-0.2, -0.15) is 5.10 Å². The number of rotatable bonds is 2. The maximum Gasteiger partial charge on any atom is 0.153 e. The first-order chi connectivity index (χ1) is 7.46. The summed E-state index contributed by atoms with van der Waals surface area (Å²) in [7, 11) is 0. The summed E-state index contributed by atoms with van der Waals surface area (Å²) in [5.74, 6) is 1.36. The molecule has 0 aliphatic rings. The number of aromatic amines is 1. The molecule has 0 saturated heterocycles. The second-order valence-corrected chi connectivity index (χ2v) is 5.17. The van der Waals surface area contributed by atoms with E-state index < -0.39 is 0 Å². The third-order valence-corrected chi connectivity index (χ3v) is 2.24.